The van der Waals surface area contributed by atoms with E-state index in [1.807, 2.05) is 0 Å². The third kappa shape index (κ3) is 1.77. The molecule has 4 heteroatoms. The summed E-state index contributed by atoms with van der Waals surface area (Å²) < 4.78 is 26.0. The lowest BCUT2D eigenvalue weighted by Gasteiger charge is -2.00. The van der Waals surface area contributed by atoms with Gasteiger partial charge in [0.2, 0.25) is 0 Å². The minimum absolute atomic E-state index is 0.0403. The van der Waals surface area contributed by atoms with Gasteiger partial charge in [-0.25, -0.2) is 8.78 Å². The number of benzene rings is 1. The van der Waals surface area contributed by atoms with Crippen LogP contribution >= 0.6 is 0 Å². The lowest BCUT2D eigenvalue weighted by Crippen LogP contribution is -2.01. The van der Waals surface area contributed by atoms with Gasteiger partial charge in [-0.15, -0.1) is 0 Å². The molecule has 0 heterocycles. The largest absolute Gasteiger partial charge is 0.294 e. The molecule has 0 radical (unpaired) electrons. The maximum Gasteiger partial charge on any atom is 0.162 e. The Bertz CT molecular complexity index is 398. The van der Waals surface area contributed by atoms with E-state index in [2.05, 4.69) is 0 Å². The molecule has 0 aliphatic heterocycles. The van der Waals surface area contributed by atoms with Crippen LogP contribution in [0.5, 0.6) is 0 Å². The summed E-state index contributed by atoms with van der Waals surface area (Å²) >= 11 is 0. The topological polar surface area (TPSA) is 40.9 Å². The van der Waals surface area contributed by atoms with E-state index in [0.717, 1.165) is 12.1 Å². The van der Waals surface area contributed by atoms with Gasteiger partial charge in [-0.05, 0) is 12.1 Å². The molecule has 0 N–H and O–H groups in total. The molecule has 14 heavy (non-hydrogen) atoms. The third-order valence-electron chi connectivity index (χ3n) is 1.80. The van der Waals surface area contributed by atoms with Gasteiger partial charge in [0.25, 0.3) is 0 Å². The van der Waals surface area contributed by atoms with Gasteiger partial charge in [-0.1, -0.05) is 6.92 Å². The van der Waals surface area contributed by atoms with Crippen molar-refractivity contribution in [1.29, 1.82) is 5.26 Å². The molecule has 2 nitrogen and oxygen atoms in total. The summed E-state index contributed by atoms with van der Waals surface area (Å²) in [4.78, 5) is 11.1. The van der Waals surface area contributed by atoms with Gasteiger partial charge in [0.15, 0.2) is 5.78 Å². The maximum atomic E-state index is 13.0. The van der Waals surface area contributed by atoms with E-state index < -0.39 is 17.2 Å². The zero-order valence-corrected chi connectivity index (χ0v) is 7.47. The highest BCUT2D eigenvalue weighted by Gasteiger charge is 2.13. The first kappa shape index (κ1) is 10.3. The van der Waals surface area contributed by atoms with Crippen LogP contribution in [0.3, 0.4) is 0 Å². The summed E-state index contributed by atoms with van der Waals surface area (Å²) in [6, 6.07) is 3.15. The van der Waals surface area contributed by atoms with Crippen LogP contribution in [-0.2, 0) is 0 Å². The van der Waals surface area contributed by atoms with Crippen molar-refractivity contribution in [1.82, 2.24) is 0 Å². The zero-order valence-electron chi connectivity index (χ0n) is 7.47. The van der Waals surface area contributed by atoms with Crippen LogP contribution < -0.4 is 0 Å². The van der Waals surface area contributed by atoms with Crippen molar-refractivity contribution in [3.63, 3.8) is 0 Å². The Morgan fingerprint density at radius 1 is 1.43 bits per heavy atom. The summed E-state index contributed by atoms with van der Waals surface area (Å²) in [5.41, 5.74) is -0.695. The Kier molecular flexibility index (Phi) is 2.92. The van der Waals surface area contributed by atoms with Crippen LogP contribution in [-0.4, -0.2) is 5.78 Å². The minimum atomic E-state index is -0.996. The van der Waals surface area contributed by atoms with E-state index in [1.165, 1.54) is 6.07 Å². The van der Waals surface area contributed by atoms with Crippen molar-refractivity contribution in [2.45, 2.75) is 13.3 Å². The van der Waals surface area contributed by atoms with Crippen molar-refractivity contribution in [2.75, 3.05) is 0 Å². The quantitative estimate of drug-likeness (QED) is 0.680. The molecule has 1 aromatic carbocycles. The standard InChI is InChI=1S/C10H7F2NO/c1-2-10(14)6-3-8(11)7(5-13)9(12)4-6/h3-4H,2H2,1H3. The van der Waals surface area contributed by atoms with Crippen molar-refractivity contribution >= 4 is 5.78 Å². The van der Waals surface area contributed by atoms with Crippen LogP contribution in [0, 0.1) is 23.0 Å². The number of carbonyl (C=O) groups is 1. The predicted octanol–water partition coefficient (Wildman–Crippen LogP) is 2.43. The second kappa shape index (κ2) is 3.97. The van der Waals surface area contributed by atoms with Crippen LogP contribution in [0.1, 0.15) is 29.3 Å². The fraction of sp³-hybridized carbons (Fsp3) is 0.200. The maximum absolute atomic E-state index is 13.0. The summed E-state index contributed by atoms with van der Waals surface area (Å²) in [6.45, 7) is 1.59. The van der Waals surface area contributed by atoms with Crippen LogP contribution in [0.2, 0.25) is 0 Å². The molecule has 0 saturated heterocycles. The van der Waals surface area contributed by atoms with Crippen LogP contribution in [0.25, 0.3) is 0 Å². The van der Waals surface area contributed by atoms with Gasteiger partial charge in [0, 0.05) is 12.0 Å². The van der Waals surface area contributed by atoms with Crippen LogP contribution in [0.15, 0.2) is 12.1 Å². The number of rotatable bonds is 2. The summed E-state index contributed by atoms with van der Waals surface area (Å²) in [5, 5.41) is 8.37. The Morgan fingerprint density at radius 3 is 2.29 bits per heavy atom. The minimum Gasteiger partial charge on any atom is -0.294 e. The Balaban J connectivity index is 3.29. The molecule has 0 unspecified atom stereocenters. The molecule has 0 fully saturated rings. The monoisotopic (exact) mass is 195 g/mol. The van der Waals surface area contributed by atoms with Gasteiger partial charge in [0.05, 0.1) is 0 Å². The smallest absolute Gasteiger partial charge is 0.162 e. The SMILES string of the molecule is CCC(=O)c1cc(F)c(C#N)c(F)c1. The third-order valence-corrected chi connectivity index (χ3v) is 1.80. The molecule has 0 aliphatic rings. The zero-order chi connectivity index (χ0) is 10.7. The van der Waals surface area contributed by atoms with Gasteiger partial charge < -0.3 is 0 Å². The second-order valence-electron chi connectivity index (χ2n) is 2.70. The van der Waals surface area contributed by atoms with Gasteiger partial charge >= 0.3 is 0 Å². The highest BCUT2D eigenvalue weighted by Crippen LogP contribution is 2.15. The van der Waals surface area contributed by atoms with Crippen molar-refractivity contribution in [3.05, 3.63) is 34.9 Å². The Labute approximate surface area is 79.8 Å². The van der Waals surface area contributed by atoms with Crippen molar-refractivity contribution in [2.24, 2.45) is 0 Å². The first-order valence-electron chi connectivity index (χ1n) is 4.02. The van der Waals surface area contributed by atoms with E-state index in [1.54, 1.807) is 6.92 Å². The first-order chi connectivity index (χ1) is 6.60. The molecule has 0 spiro atoms. The number of ketones is 1. The summed E-state index contributed by atoms with van der Waals surface area (Å²) in [5.74, 6) is -2.35. The lowest BCUT2D eigenvalue weighted by atomic mass is 10.1. The normalized spacial score (nSPS) is 9.57. The Hall–Kier alpha value is -1.76. The predicted molar refractivity (Wildman–Crippen MR) is 45.7 cm³/mol. The van der Waals surface area contributed by atoms with E-state index >= 15 is 0 Å². The van der Waals surface area contributed by atoms with Crippen LogP contribution in [0.4, 0.5) is 8.78 Å². The van der Waals surface area contributed by atoms with E-state index in [4.69, 9.17) is 5.26 Å². The highest BCUT2D eigenvalue weighted by atomic mass is 19.1. The highest BCUT2D eigenvalue weighted by molar-refractivity contribution is 5.95. The van der Waals surface area contributed by atoms with E-state index in [-0.39, 0.29) is 17.8 Å². The number of halogens is 2. The molecule has 0 bridgehead atoms. The van der Waals surface area contributed by atoms with Gasteiger partial charge in [-0.2, -0.15) is 5.26 Å². The molecule has 0 saturated carbocycles. The average molecular weight is 195 g/mol. The fourth-order valence-corrected chi connectivity index (χ4v) is 1.05. The Morgan fingerprint density at radius 2 is 1.93 bits per heavy atom. The molecule has 0 aliphatic carbocycles. The second-order valence-corrected chi connectivity index (χ2v) is 2.70. The number of hydrogen-bond donors (Lipinski definition) is 0. The van der Waals surface area contributed by atoms with E-state index in [9.17, 15) is 13.6 Å². The number of hydrogen-bond acceptors (Lipinski definition) is 2. The van der Waals surface area contributed by atoms with Crippen molar-refractivity contribution < 1.29 is 13.6 Å². The molecule has 1 rings (SSSR count). The van der Waals surface area contributed by atoms with Gasteiger partial charge in [0.1, 0.15) is 23.3 Å². The number of carbonyl (C=O) groups excluding carboxylic acids is 1. The lowest BCUT2D eigenvalue weighted by molar-refractivity contribution is 0.0987. The first-order valence-corrected chi connectivity index (χ1v) is 4.02. The van der Waals surface area contributed by atoms with E-state index in [0.29, 0.717) is 0 Å². The molecule has 72 valence electrons. The van der Waals surface area contributed by atoms with Gasteiger partial charge in [-0.3, -0.25) is 4.79 Å². The molecule has 1 aromatic rings. The molecule has 0 atom stereocenters. The fourth-order valence-electron chi connectivity index (χ4n) is 1.05. The molecular weight excluding hydrogens is 188 g/mol. The number of nitrogens with zero attached hydrogens (tertiary/aromatic N) is 1. The summed E-state index contributed by atoms with van der Waals surface area (Å²) in [6.07, 6.45) is 0.171. The molecule has 0 amide bonds. The van der Waals surface area contributed by atoms with Crippen molar-refractivity contribution in [3.8, 4) is 6.07 Å². The summed E-state index contributed by atoms with van der Waals surface area (Å²) in [7, 11) is 0. The molecule has 0 aromatic heterocycles. The average Bonchev–Trinajstić information content (AvgIpc) is 2.16. The number of Topliss-reactive ketones (excluding diaryl/α,β-unsaturated/α-hetero) is 1. The molecular formula is C10H7F2NO. The number of nitriles is 1.